The first-order valence-electron chi connectivity index (χ1n) is 6.09. The zero-order chi connectivity index (χ0) is 13.8. The summed E-state index contributed by atoms with van der Waals surface area (Å²) in [6, 6.07) is 6.95. The highest BCUT2D eigenvalue weighted by Gasteiger charge is 2.18. The maximum absolute atomic E-state index is 9.84. The van der Waals surface area contributed by atoms with Gasteiger partial charge in [-0.3, -0.25) is 0 Å². The molecule has 102 valence electrons. The van der Waals surface area contributed by atoms with Gasteiger partial charge in [0, 0.05) is 6.61 Å². The molecule has 1 aromatic rings. The summed E-state index contributed by atoms with van der Waals surface area (Å²) >= 11 is 0. The molecular formula is C14H22O4. The number of hydrogen-bond acceptors (Lipinski definition) is 4. The average molecular weight is 254 g/mol. The van der Waals surface area contributed by atoms with Gasteiger partial charge in [0.15, 0.2) is 0 Å². The van der Waals surface area contributed by atoms with Crippen LogP contribution < -0.4 is 4.74 Å². The third-order valence-electron chi connectivity index (χ3n) is 2.43. The Hall–Kier alpha value is -1.10. The van der Waals surface area contributed by atoms with Crippen molar-refractivity contribution >= 4 is 0 Å². The van der Waals surface area contributed by atoms with Crippen LogP contribution in [0.2, 0.25) is 0 Å². The van der Waals surface area contributed by atoms with Crippen LogP contribution in [0.25, 0.3) is 0 Å². The van der Waals surface area contributed by atoms with E-state index in [0.29, 0.717) is 5.56 Å². The van der Waals surface area contributed by atoms with Gasteiger partial charge in [0.1, 0.15) is 17.5 Å². The monoisotopic (exact) mass is 254 g/mol. The highest BCUT2D eigenvalue weighted by Crippen LogP contribution is 2.23. The van der Waals surface area contributed by atoms with Gasteiger partial charge in [0.25, 0.3) is 0 Å². The first-order chi connectivity index (χ1) is 8.33. The van der Waals surface area contributed by atoms with Crippen molar-refractivity contribution in [3.63, 3.8) is 0 Å². The smallest absolute Gasteiger partial charge is 0.120 e. The SMILES string of the molecule is CC(C)(C)Oc1ccc(C(O)C(O)CCO)cc1. The van der Waals surface area contributed by atoms with Crippen LogP contribution in [0.4, 0.5) is 0 Å². The molecule has 0 fully saturated rings. The maximum Gasteiger partial charge on any atom is 0.120 e. The Kier molecular flexibility index (Phi) is 5.14. The van der Waals surface area contributed by atoms with Crippen molar-refractivity contribution in [2.45, 2.75) is 45.0 Å². The minimum absolute atomic E-state index is 0.149. The molecule has 4 nitrogen and oxygen atoms in total. The molecule has 0 spiro atoms. The van der Waals surface area contributed by atoms with E-state index < -0.39 is 12.2 Å². The fourth-order valence-electron chi connectivity index (χ4n) is 1.60. The lowest BCUT2D eigenvalue weighted by Gasteiger charge is -2.22. The number of aliphatic hydroxyl groups excluding tert-OH is 3. The van der Waals surface area contributed by atoms with Crippen molar-refractivity contribution in [1.82, 2.24) is 0 Å². The molecule has 3 N–H and O–H groups in total. The van der Waals surface area contributed by atoms with Crippen molar-refractivity contribution in [1.29, 1.82) is 0 Å². The molecule has 0 radical (unpaired) electrons. The molecule has 2 atom stereocenters. The summed E-state index contributed by atoms with van der Waals surface area (Å²) in [5, 5.41) is 28.1. The van der Waals surface area contributed by atoms with E-state index in [1.807, 2.05) is 20.8 Å². The molecule has 0 aliphatic carbocycles. The van der Waals surface area contributed by atoms with Crippen LogP contribution in [0.5, 0.6) is 5.75 Å². The lowest BCUT2D eigenvalue weighted by molar-refractivity contribution is 0.00415. The van der Waals surface area contributed by atoms with Crippen LogP contribution >= 0.6 is 0 Å². The lowest BCUT2D eigenvalue weighted by atomic mass is 10.0. The fourth-order valence-corrected chi connectivity index (χ4v) is 1.60. The number of rotatable bonds is 5. The number of benzene rings is 1. The Bertz CT molecular complexity index is 353. The summed E-state index contributed by atoms with van der Waals surface area (Å²) in [6.45, 7) is 5.73. The Morgan fingerprint density at radius 2 is 1.67 bits per heavy atom. The zero-order valence-electron chi connectivity index (χ0n) is 11.1. The summed E-state index contributed by atoms with van der Waals surface area (Å²) in [6.07, 6.45) is -1.79. The molecule has 0 saturated heterocycles. The van der Waals surface area contributed by atoms with E-state index in [1.165, 1.54) is 0 Å². The normalized spacial score (nSPS) is 15.2. The van der Waals surface area contributed by atoms with Gasteiger partial charge >= 0.3 is 0 Å². The van der Waals surface area contributed by atoms with Gasteiger partial charge in [-0.25, -0.2) is 0 Å². The largest absolute Gasteiger partial charge is 0.488 e. The van der Waals surface area contributed by atoms with Crippen molar-refractivity contribution < 1.29 is 20.1 Å². The van der Waals surface area contributed by atoms with E-state index in [1.54, 1.807) is 24.3 Å². The Morgan fingerprint density at radius 1 is 1.11 bits per heavy atom. The zero-order valence-corrected chi connectivity index (χ0v) is 11.1. The summed E-state index contributed by atoms with van der Waals surface area (Å²) in [4.78, 5) is 0. The number of ether oxygens (including phenoxy) is 1. The fraction of sp³-hybridized carbons (Fsp3) is 0.571. The van der Waals surface area contributed by atoms with Gasteiger partial charge in [-0.1, -0.05) is 12.1 Å². The lowest BCUT2D eigenvalue weighted by Crippen LogP contribution is -2.23. The van der Waals surface area contributed by atoms with Crippen LogP contribution in [-0.4, -0.2) is 33.6 Å². The Labute approximate surface area is 108 Å². The van der Waals surface area contributed by atoms with Crippen LogP contribution in [-0.2, 0) is 0 Å². The van der Waals surface area contributed by atoms with Crippen LogP contribution in [0.1, 0.15) is 38.9 Å². The van der Waals surface area contributed by atoms with Crippen molar-refractivity contribution in [2.24, 2.45) is 0 Å². The first-order valence-corrected chi connectivity index (χ1v) is 6.09. The standard InChI is InChI=1S/C14H22O4/c1-14(2,3)18-11-6-4-10(5-7-11)13(17)12(16)8-9-15/h4-7,12-13,15-17H,8-9H2,1-3H3. The first kappa shape index (κ1) is 15.0. The number of aliphatic hydroxyl groups is 3. The van der Waals surface area contributed by atoms with E-state index in [-0.39, 0.29) is 18.6 Å². The van der Waals surface area contributed by atoms with Gasteiger partial charge in [-0.15, -0.1) is 0 Å². The molecule has 0 heterocycles. The van der Waals surface area contributed by atoms with Gasteiger partial charge < -0.3 is 20.1 Å². The molecular weight excluding hydrogens is 232 g/mol. The van der Waals surface area contributed by atoms with Crippen molar-refractivity contribution in [3.05, 3.63) is 29.8 Å². The summed E-state index contributed by atoms with van der Waals surface area (Å²) in [5.41, 5.74) is 0.341. The van der Waals surface area contributed by atoms with Crippen LogP contribution in [0.15, 0.2) is 24.3 Å². The minimum Gasteiger partial charge on any atom is -0.488 e. The molecule has 1 rings (SSSR count). The second-order valence-corrected chi connectivity index (χ2v) is 5.31. The molecule has 0 amide bonds. The molecule has 4 heteroatoms. The minimum atomic E-state index is -0.985. The Morgan fingerprint density at radius 3 is 2.11 bits per heavy atom. The van der Waals surface area contributed by atoms with Crippen LogP contribution in [0.3, 0.4) is 0 Å². The van der Waals surface area contributed by atoms with Gasteiger partial charge in [0.05, 0.1) is 6.10 Å². The van der Waals surface area contributed by atoms with Crippen LogP contribution in [0, 0.1) is 0 Å². The third kappa shape index (κ3) is 4.64. The Balaban J connectivity index is 2.70. The summed E-state index contributed by atoms with van der Waals surface area (Å²) in [7, 11) is 0. The van der Waals surface area contributed by atoms with Crippen molar-refractivity contribution in [2.75, 3.05) is 6.61 Å². The van der Waals surface area contributed by atoms with E-state index in [9.17, 15) is 10.2 Å². The highest BCUT2D eigenvalue weighted by molar-refractivity contribution is 5.29. The van der Waals surface area contributed by atoms with Gasteiger partial charge in [-0.05, 0) is 44.9 Å². The van der Waals surface area contributed by atoms with Gasteiger partial charge in [-0.2, -0.15) is 0 Å². The second kappa shape index (κ2) is 6.18. The molecule has 2 unspecified atom stereocenters. The van der Waals surface area contributed by atoms with E-state index in [2.05, 4.69) is 0 Å². The van der Waals surface area contributed by atoms with E-state index in [4.69, 9.17) is 9.84 Å². The van der Waals surface area contributed by atoms with E-state index >= 15 is 0 Å². The second-order valence-electron chi connectivity index (χ2n) is 5.31. The van der Waals surface area contributed by atoms with Gasteiger partial charge in [0.2, 0.25) is 0 Å². The molecule has 0 aromatic heterocycles. The predicted octanol–water partition coefficient (Wildman–Crippen LogP) is 1.64. The molecule has 0 aliphatic heterocycles. The average Bonchev–Trinajstić information content (AvgIpc) is 2.27. The summed E-state index contributed by atoms with van der Waals surface area (Å²) in [5.74, 6) is 0.718. The van der Waals surface area contributed by atoms with E-state index in [0.717, 1.165) is 5.75 Å². The third-order valence-corrected chi connectivity index (χ3v) is 2.43. The number of hydrogen-bond donors (Lipinski definition) is 3. The molecule has 1 aromatic carbocycles. The molecule has 0 bridgehead atoms. The maximum atomic E-state index is 9.84. The molecule has 18 heavy (non-hydrogen) atoms. The quantitative estimate of drug-likeness (QED) is 0.747. The van der Waals surface area contributed by atoms with Crippen molar-refractivity contribution in [3.8, 4) is 5.75 Å². The topological polar surface area (TPSA) is 69.9 Å². The molecule has 0 saturated carbocycles. The predicted molar refractivity (Wildman–Crippen MR) is 69.5 cm³/mol. The molecule has 0 aliphatic rings. The summed E-state index contributed by atoms with van der Waals surface area (Å²) < 4.78 is 5.66. The highest BCUT2D eigenvalue weighted by atomic mass is 16.5.